The van der Waals surface area contributed by atoms with Gasteiger partial charge in [-0.3, -0.25) is 4.57 Å². The Bertz CT molecular complexity index is 1070. The first kappa shape index (κ1) is 22.5. The fraction of sp³-hybridized carbons (Fsp3) is 0.500. The van der Waals surface area contributed by atoms with E-state index in [1.807, 2.05) is 30.3 Å². The van der Waals surface area contributed by atoms with E-state index in [0.717, 1.165) is 17.7 Å². The van der Waals surface area contributed by atoms with Crippen molar-refractivity contribution in [1.29, 1.82) is 0 Å². The molecule has 8 nitrogen and oxygen atoms in total. The fourth-order valence-electron chi connectivity index (χ4n) is 3.93. The highest BCUT2D eigenvalue weighted by Crippen LogP contribution is 2.30. The average Bonchev–Trinajstić information content (AvgIpc) is 3.38. The number of fused-ring (bicyclic) bond motifs is 1. The zero-order chi connectivity index (χ0) is 22.5. The molecule has 2 aromatic heterocycles. The predicted octanol–water partition coefficient (Wildman–Crippen LogP) is 3.65. The van der Waals surface area contributed by atoms with Crippen LogP contribution >= 0.6 is 0 Å². The molecular formula is C24H30N2O6. The molecular weight excluding hydrogens is 412 g/mol. The highest BCUT2D eigenvalue weighted by Gasteiger charge is 2.35. The van der Waals surface area contributed by atoms with Gasteiger partial charge in [-0.05, 0) is 36.8 Å². The van der Waals surface area contributed by atoms with Crippen molar-refractivity contribution in [3.63, 3.8) is 0 Å². The molecule has 1 aromatic carbocycles. The summed E-state index contributed by atoms with van der Waals surface area (Å²) in [5, 5.41) is 19.9. The van der Waals surface area contributed by atoms with Crippen LogP contribution < -0.4 is 10.4 Å². The van der Waals surface area contributed by atoms with Gasteiger partial charge in [0.15, 0.2) is 0 Å². The summed E-state index contributed by atoms with van der Waals surface area (Å²) in [4.78, 5) is 16.5. The largest absolute Gasteiger partial charge is 0.494 e. The van der Waals surface area contributed by atoms with E-state index in [0.29, 0.717) is 17.8 Å². The van der Waals surface area contributed by atoms with Gasteiger partial charge in [0, 0.05) is 18.2 Å². The SMILES string of the molecule is CCCCCCCOc1ccc(-c2cc3cn(C4CC(O)C(CO)O4)c(=O)nc3o2)cc1. The Kier molecular flexibility index (Phi) is 7.24. The Morgan fingerprint density at radius 3 is 2.69 bits per heavy atom. The molecule has 1 aliphatic rings. The molecule has 0 aliphatic carbocycles. The molecule has 172 valence electrons. The predicted molar refractivity (Wildman–Crippen MR) is 120 cm³/mol. The molecule has 0 radical (unpaired) electrons. The highest BCUT2D eigenvalue weighted by molar-refractivity contribution is 5.79. The Balaban J connectivity index is 1.44. The first-order chi connectivity index (χ1) is 15.6. The van der Waals surface area contributed by atoms with E-state index in [1.165, 1.54) is 30.3 Å². The number of aromatic nitrogens is 2. The van der Waals surface area contributed by atoms with E-state index < -0.39 is 24.1 Å². The Labute approximate surface area is 186 Å². The van der Waals surface area contributed by atoms with Crippen LogP contribution in [0.4, 0.5) is 0 Å². The van der Waals surface area contributed by atoms with Gasteiger partial charge in [0.1, 0.15) is 23.8 Å². The molecule has 0 amide bonds. The maximum atomic E-state index is 12.4. The molecule has 8 heteroatoms. The average molecular weight is 443 g/mol. The van der Waals surface area contributed by atoms with Crippen LogP contribution in [0.15, 0.2) is 45.7 Å². The van der Waals surface area contributed by atoms with Gasteiger partial charge in [0.05, 0.1) is 24.7 Å². The topological polar surface area (TPSA) is 107 Å². The summed E-state index contributed by atoms with van der Waals surface area (Å²) in [6.45, 7) is 2.60. The lowest BCUT2D eigenvalue weighted by Crippen LogP contribution is -2.27. The van der Waals surface area contributed by atoms with Crippen LogP contribution in [0.2, 0.25) is 0 Å². The van der Waals surface area contributed by atoms with Gasteiger partial charge in [-0.25, -0.2) is 4.79 Å². The third-order valence-electron chi connectivity index (χ3n) is 5.79. The first-order valence-electron chi connectivity index (χ1n) is 11.3. The Morgan fingerprint density at radius 1 is 1.19 bits per heavy atom. The van der Waals surface area contributed by atoms with Crippen LogP contribution in [0, 0.1) is 0 Å². The van der Waals surface area contributed by atoms with Crippen LogP contribution in [0.5, 0.6) is 5.75 Å². The van der Waals surface area contributed by atoms with E-state index >= 15 is 0 Å². The third-order valence-corrected chi connectivity index (χ3v) is 5.79. The molecule has 0 bridgehead atoms. The number of unbranched alkanes of at least 4 members (excludes halogenated alkanes) is 4. The summed E-state index contributed by atoms with van der Waals surface area (Å²) in [7, 11) is 0. The number of hydrogen-bond acceptors (Lipinski definition) is 7. The second-order valence-corrected chi connectivity index (χ2v) is 8.20. The van der Waals surface area contributed by atoms with Gasteiger partial charge in [0.25, 0.3) is 0 Å². The van der Waals surface area contributed by atoms with Gasteiger partial charge in [-0.1, -0.05) is 32.6 Å². The van der Waals surface area contributed by atoms with Crippen molar-refractivity contribution < 1.29 is 24.1 Å². The number of rotatable bonds is 10. The minimum absolute atomic E-state index is 0.211. The monoisotopic (exact) mass is 442 g/mol. The van der Waals surface area contributed by atoms with Crippen molar-refractivity contribution in [2.45, 2.75) is 63.9 Å². The van der Waals surface area contributed by atoms with E-state index in [2.05, 4.69) is 11.9 Å². The molecule has 3 atom stereocenters. The van der Waals surface area contributed by atoms with Crippen molar-refractivity contribution >= 4 is 11.1 Å². The summed E-state index contributed by atoms with van der Waals surface area (Å²) >= 11 is 0. The van der Waals surface area contributed by atoms with Gasteiger partial charge in [-0.15, -0.1) is 0 Å². The Morgan fingerprint density at radius 2 is 1.97 bits per heavy atom. The van der Waals surface area contributed by atoms with Crippen LogP contribution in [0.25, 0.3) is 22.4 Å². The lowest BCUT2D eigenvalue weighted by Gasteiger charge is -2.13. The zero-order valence-electron chi connectivity index (χ0n) is 18.3. The van der Waals surface area contributed by atoms with Crippen molar-refractivity contribution in [2.75, 3.05) is 13.2 Å². The quantitative estimate of drug-likeness (QED) is 0.462. The highest BCUT2D eigenvalue weighted by atomic mass is 16.5. The molecule has 1 aliphatic heterocycles. The van der Waals surface area contributed by atoms with Crippen LogP contribution in [0.3, 0.4) is 0 Å². The van der Waals surface area contributed by atoms with Crippen molar-refractivity contribution in [2.24, 2.45) is 0 Å². The minimum atomic E-state index is -0.829. The van der Waals surface area contributed by atoms with Gasteiger partial charge >= 0.3 is 5.69 Å². The van der Waals surface area contributed by atoms with Crippen molar-refractivity contribution in [3.05, 3.63) is 47.0 Å². The molecule has 3 unspecified atom stereocenters. The maximum absolute atomic E-state index is 12.4. The first-order valence-corrected chi connectivity index (χ1v) is 11.3. The van der Waals surface area contributed by atoms with E-state index in [9.17, 15) is 15.0 Å². The molecule has 0 spiro atoms. The fourth-order valence-corrected chi connectivity index (χ4v) is 3.93. The lowest BCUT2D eigenvalue weighted by atomic mass is 10.1. The van der Waals surface area contributed by atoms with Crippen LogP contribution in [0.1, 0.15) is 51.7 Å². The summed E-state index contributed by atoms with van der Waals surface area (Å²) < 4.78 is 18.5. The van der Waals surface area contributed by atoms with Crippen molar-refractivity contribution in [3.8, 4) is 17.1 Å². The van der Waals surface area contributed by atoms with E-state index in [1.54, 1.807) is 6.20 Å². The number of benzene rings is 1. The second kappa shape index (κ2) is 10.3. The third kappa shape index (κ3) is 5.03. The normalized spacial score (nSPS) is 20.8. The molecule has 3 heterocycles. The van der Waals surface area contributed by atoms with E-state index in [4.69, 9.17) is 13.9 Å². The standard InChI is InChI=1S/C24H30N2O6/c1-2-3-4-5-6-11-30-18-9-7-16(8-10-18)20-12-17-14-26(24(29)25-23(17)32-20)22-13-19(28)21(15-27)31-22/h7-10,12,14,19,21-22,27-28H,2-6,11,13,15H2,1H3. The molecule has 0 saturated carbocycles. The number of ether oxygens (including phenoxy) is 2. The zero-order valence-corrected chi connectivity index (χ0v) is 18.3. The smallest absolute Gasteiger partial charge is 0.353 e. The number of nitrogens with zero attached hydrogens (tertiary/aromatic N) is 2. The van der Waals surface area contributed by atoms with Crippen LogP contribution in [-0.4, -0.2) is 45.2 Å². The molecule has 32 heavy (non-hydrogen) atoms. The van der Waals surface area contributed by atoms with Gasteiger partial charge in [-0.2, -0.15) is 4.98 Å². The summed E-state index contributed by atoms with van der Waals surface area (Å²) in [6.07, 6.45) is 5.60. The minimum Gasteiger partial charge on any atom is -0.494 e. The van der Waals surface area contributed by atoms with Crippen LogP contribution in [-0.2, 0) is 4.74 Å². The molecule has 1 fully saturated rings. The lowest BCUT2D eigenvalue weighted by molar-refractivity contribution is -0.0457. The number of aliphatic hydroxyl groups is 2. The molecule has 1 saturated heterocycles. The summed E-state index contributed by atoms with van der Waals surface area (Å²) in [5.74, 6) is 1.41. The number of hydrogen-bond donors (Lipinski definition) is 2. The summed E-state index contributed by atoms with van der Waals surface area (Å²) in [6, 6.07) is 9.46. The van der Waals surface area contributed by atoms with Gasteiger partial charge < -0.3 is 24.1 Å². The molecule has 2 N–H and O–H groups in total. The molecule has 4 rings (SSSR count). The van der Waals surface area contributed by atoms with Gasteiger partial charge in [0.2, 0.25) is 5.71 Å². The number of aliphatic hydroxyl groups excluding tert-OH is 2. The molecule has 3 aromatic rings. The summed E-state index contributed by atoms with van der Waals surface area (Å²) in [5.41, 5.74) is 0.563. The van der Waals surface area contributed by atoms with Crippen molar-refractivity contribution in [1.82, 2.24) is 9.55 Å². The number of furan rings is 1. The maximum Gasteiger partial charge on any atom is 0.353 e. The Hall–Kier alpha value is -2.68. The second-order valence-electron chi connectivity index (χ2n) is 8.20. The van der Waals surface area contributed by atoms with E-state index in [-0.39, 0.29) is 18.7 Å².